The van der Waals surface area contributed by atoms with Crippen LogP contribution in [0.4, 0.5) is 4.39 Å². The van der Waals surface area contributed by atoms with Gasteiger partial charge in [-0.1, -0.05) is 45.0 Å². The molecule has 0 aliphatic carbocycles. The van der Waals surface area contributed by atoms with Gasteiger partial charge < -0.3 is 16.0 Å². The molecular formula is C22H29FN4O2S. The Hall–Kier alpha value is -2.32. The van der Waals surface area contributed by atoms with E-state index in [4.69, 9.17) is 5.73 Å². The fourth-order valence-corrected chi connectivity index (χ4v) is 4.32. The summed E-state index contributed by atoms with van der Waals surface area (Å²) in [5.41, 5.74) is 10.4. The molecule has 1 aromatic heterocycles. The topological polar surface area (TPSA) is 88.3 Å². The Balaban J connectivity index is 1.64. The molecule has 1 fully saturated rings. The molecule has 0 spiro atoms. The SMILES string of the molecule is Cc1ncsc1-c1ccc(CNC(=O)[C@@H]2[C@@H](F)CCN2C(=O)[C@@H](N)C(C)(C)C)cc1. The van der Waals surface area contributed by atoms with Gasteiger partial charge >= 0.3 is 0 Å². The molecule has 3 atom stereocenters. The van der Waals surface area contributed by atoms with Crippen molar-refractivity contribution in [2.45, 2.75) is 58.9 Å². The van der Waals surface area contributed by atoms with E-state index in [9.17, 15) is 14.0 Å². The van der Waals surface area contributed by atoms with Crippen molar-refractivity contribution in [2.24, 2.45) is 11.1 Å². The lowest BCUT2D eigenvalue weighted by Gasteiger charge is -2.32. The van der Waals surface area contributed by atoms with Gasteiger partial charge in [0.1, 0.15) is 12.2 Å². The molecule has 162 valence electrons. The number of alkyl halides is 1. The number of benzene rings is 1. The molecule has 2 aromatic rings. The van der Waals surface area contributed by atoms with Crippen molar-refractivity contribution in [3.63, 3.8) is 0 Å². The summed E-state index contributed by atoms with van der Waals surface area (Å²) >= 11 is 1.58. The Morgan fingerprint density at radius 3 is 2.57 bits per heavy atom. The van der Waals surface area contributed by atoms with E-state index in [2.05, 4.69) is 10.3 Å². The number of likely N-dealkylation sites (tertiary alicyclic amines) is 1. The van der Waals surface area contributed by atoms with E-state index >= 15 is 0 Å². The molecule has 0 saturated carbocycles. The molecule has 3 N–H and O–H groups in total. The second kappa shape index (κ2) is 8.81. The molecule has 0 bridgehead atoms. The summed E-state index contributed by atoms with van der Waals surface area (Å²) < 4.78 is 14.5. The average Bonchev–Trinajstić information content (AvgIpc) is 3.30. The summed E-state index contributed by atoms with van der Waals surface area (Å²) in [5.74, 6) is -0.871. The van der Waals surface area contributed by atoms with Gasteiger partial charge in [0.05, 0.1) is 22.1 Å². The van der Waals surface area contributed by atoms with E-state index in [1.54, 1.807) is 11.3 Å². The third-order valence-corrected chi connectivity index (χ3v) is 6.48. The number of hydrogen-bond donors (Lipinski definition) is 2. The molecule has 8 heteroatoms. The summed E-state index contributed by atoms with van der Waals surface area (Å²) in [7, 11) is 0. The van der Waals surface area contributed by atoms with Crippen molar-refractivity contribution in [3.8, 4) is 10.4 Å². The highest BCUT2D eigenvalue weighted by atomic mass is 32.1. The Kier molecular flexibility index (Phi) is 6.57. The number of carbonyl (C=O) groups excluding carboxylic acids is 2. The number of aromatic nitrogens is 1. The van der Waals surface area contributed by atoms with E-state index in [-0.39, 0.29) is 25.4 Å². The van der Waals surface area contributed by atoms with Crippen LogP contribution in [0.1, 0.15) is 38.4 Å². The van der Waals surface area contributed by atoms with Crippen molar-refractivity contribution in [1.29, 1.82) is 0 Å². The minimum absolute atomic E-state index is 0.142. The normalized spacial score (nSPS) is 20.3. The van der Waals surface area contributed by atoms with Crippen LogP contribution in [0, 0.1) is 12.3 Å². The summed E-state index contributed by atoms with van der Waals surface area (Å²) in [6.45, 7) is 7.98. The van der Waals surface area contributed by atoms with E-state index in [0.29, 0.717) is 0 Å². The van der Waals surface area contributed by atoms with Gasteiger partial charge in [-0.3, -0.25) is 9.59 Å². The molecule has 3 rings (SSSR count). The molecule has 0 unspecified atom stereocenters. The first-order chi connectivity index (χ1) is 14.1. The first kappa shape index (κ1) is 22.4. The Morgan fingerprint density at radius 1 is 1.33 bits per heavy atom. The van der Waals surface area contributed by atoms with Gasteiger partial charge in [-0.15, -0.1) is 11.3 Å². The van der Waals surface area contributed by atoms with Crippen LogP contribution in [0.5, 0.6) is 0 Å². The fraction of sp³-hybridized carbons (Fsp3) is 0.500. The van der Waals surface area contributed by atoms with Gasteiger partial charge in [0.15, 0.2) is 0 Å². The van der Waals surface area contributed by atoms with Crippen LogP contribution in [-0.2, 0) is 16.1 Å². The number of rotatable bonds is 5. The number of nitrogens with one attached hydrogen (secondary N) is 1. The van der Waals surface area contributed by atoms with E-state index < -0.39 is 29.6 Å². The van der Waals surface area contributed by atoms with Crippen molar-refractivity contribution in [1.82, 2.24) is 15.2 Å². The van der Waals surface area contributed by atoms with Crippen LogP contribution >= 0.6 is 11.3 Å². The van der Waals surface area contributed by atoms with Crippen molar-refractivity contribution in [3.05, 3.63) is 41.0 Å². The predicted octanol–water partition coefficient (Wildman–Crippen LogP) is 3.05. The molecule has 0 radical (unpaired) electrons. The second-order valence-corrected chi connectivity index (χ2v) is 9.66. The lowest BCUT2D eigenvalue weighted by molar-refractivity contribution is -0.142. The zero-order valence-electron chi connectivity index (χ0n) is 17.8. The first-order valence-electron chi connectivity index (χ1n) is 10.1. The maximum atomic E-state index is 14.5. The van der Waals surface area contributed by atoms with Gasteiger partial charge in [-0.05, 0) is 29.9 Å². The number of carbonyl (C=O) groups is 2. The second-order valence-electron chi connectivity index (χ2n) is 8.81. The zero-order valence-corrected chi connectivity index (χ0v) is 18.6. The van der Waals surface area contributed by atoms with Crippen LogP contribution in [0.25, 0.3) is 10.4 Å². The summed E-state index contributed by atoms with van der Waals surface area (Å²) in [6.07, 6.45) is -1.25. The quantitative estimate of drug-likeness (QED) is 0.760. The van der Waals surface area contributed by atoms with Crippen LogP contribution in [0.15, 0.2) is 29.8 Å². The fourth-order valence-electron chi connectivity index (χ4n) is 3.50. The third kappa shape index (κ3) is 4.70. The number of nitrogens with zero attached hydrogens (tertiary/aromatic N) is 2. The lowest BCUT2D eigenvalue weighted by Crippen LogP contribution is -2.56. The summed E-state index contributed by atoms with van der Waals surface area (Å²) in [6, 6.07) is 5.89. The number of halogens is 1. The summed E-state index contributed by atoms with van der Waals surface area (Å²) in [5, 5.41) is 2.78. The molecule has 6 nitrogen and oxygen atoms in total. The standard InChI is InChI=1S/C22H29FN4O2S/c1-13-18(30-12-26-13)15-7-5-14(6-8-15)11-25-20(28)17-16(23)9-10-27(17)21(29)19(24)22(2,3)4/h5-8,12,16-17,19H,9-11,24H2,1-4H3,(H,25,28)/t16-,17-,19+/m0/s1. The maximum absolute atomic E-state index is 14.5. The van der Waals surface area contributed by atoms with E-state index in [1.165, 1.54) is 4.90 Å². The molecule has 1 aliphatic rings. The van der Waals surface area contributed by atoms with Gasteiger partial charge in [0.25, 0.3) is 0 Å². The molecule has 1 aromatic carbocycles. The van der Waals surface area contributed by atoms with Gasteiger partial charge in [0.2, 0.25) is 11.8 Å². The Bertz CT molecular complexity index is 907. The van der Waals surface area contributed by atoms with Gasteiger partial charge in [0, 0.05) is 13.1 Å². The highest BCUT2D eigenvalue weighted by Gasteiger charge is 2.45. The minimum Gasteiger partial charge on any atom is -0.350 e. The third-order valence-electron chi connectivity index (χ3n) is 5.50. The van der Waals surface area contributed by atoms with E-state index in [1.807, 2.05) is 57.5 Å². The predicted molar refractivity (Wildman–Crippen MR) is 117 cm³/mol. The van der Waals surface area contributed by atoms with Crippen LogP contribution in [-0.4, -0.2) is 46.5 Å². The van der Waals surface area contributed by atoms with Crippen molar-refractivity contribution >= 4 is 23.2 Å². The summed E-state index contributed by atoms with van der Waals surface area (Å²) in [4.78, 5) is 32.1. The number of nitrogens with two attached hydrogens (primary N) is 1. The molecule has 1 saturated heterocycles. The molecule has 30 heavy (non-hydrogen) atoms. The number of amides is 2. The lowest BCUT2D eigenvalue weighted by atomic mass is 9.86. The van der Waals surface area contributed by atoms with E-state index in [0.717, 1.165) is 21.7 Å². The molecule has 2 amide bonds. The average molecular weight is 433 g/mol. The van der Waals surface area contributed by atoms with Crippen LogP contribution < -0.4 is 11.1 Å². The minimum atomic E-state index is -1.39. The molecular weight excluding hydrogens is 403 g/mol. The largest absolute Gasteiger partial charge is 0.350 e. The van der Waals surface area contributed by atoms with Crippen molar-refractivity contribution in [2.75, 3.05) is 6.54 Å². The molecule has 1 aliphatic heterocycles. The smallest absolute Gasteiger partial charge is 0.246 e. The molecule has 2 heterocycles. The monoisotopic (exact) mass is 432 g/mol. The maximum Gasteiger partial charge on any atom is 0.246 e. The van der Waals surface area contributed by atoms with Gasteiger partial charge in [-0.2, -0.15) is 0 Å². The van der Waals surface area contributed by atoms with Gasteiger partial charge in [-0.25, -0.2) is 9.37 Å². The highest BCUT2D eigenvalue weighted by molar-refractivity contribution is 7.13. The highest BCUT2D eigenvalue weighted by Crippen LogP contribution is 2.28. The van der Waals surface area contributed by atoms with Crippen molar-refractivity contribution < 1.29 is 14.0 Å². The first-order valence-corrected chi connectivity index (χ1v) is 10.9. The zero-order chi connectivity index (χ0) is 22.1. The van der Waals surface area contributed by atoms with Crippen LogP contribution in [0.2, 0.25) is 0 Å². The Labute approximate surface area is 180 Å². The number of aryl methyl sites for hydroxylation is 1. The number of thiazole rings is 1. The Morgan fingerprint density at radius 2 is 2.00 bits per heavy atom. The van der Waals surface area contributed by atoms with Crippen LogP contribution in [0.3, 0.4) is 0 Å². The number of hydrogen-bond acceptors (Lipinski definition) is 5.